The molecule has 2 saturated heterocycles. The molecule has 1 aromatic heterocycles. The van der Waals surface area contributed by atoms with E-state index in [9.17, 15) is 0 Å². The second kappa shape index (κ2) is 11.0. The Hall–Kier alpha value is -1.60. The third-order valence-electron chi connectivity index (χ3n) is 6.47. The number of nitrogens with zero attached hydrogens (tertiary/aromatic N) is 4. The van der Waals surface area contributed by atoms with E-state index in [4.69, 9.17) is 9.15 Å². The van der Waals surface area contributed by atoms with Crippen molar-refractivity contribution in [3.63, 3.8) is 0 Å². The van der Waals surface area contributed by atoms with Gasteiger partial charge in [-0.25, -0.2) is 4.98 Å². The molecule has 0 unspecified atom stereocenters. The van der Waals surface area contributed by atoms with Crippen molar-refractivity contribution in [2.75, 3.05) is 53.5 Å². The molecule has 0 radical (unpaired) electrons. The SMILES string of the molecule is CN=C(NCC1CCN(Cc2nc(C)c(C)o2)CC1)N(C)CCC1CCOCC1. The first-order chi connectivity index (χ1) is 14.0. The topological polar surface area (TPSA) is 66.1 Å². The normalized spacial score (nSPS) is 20.2. The van der Waals surface area contributed by atoms with Crippen molar-refractivity contribution in [1.29, 1.82) is 0 Å². The van der Waals surface area contributed by atoms with E-state index in [0.29, 0.717) is 5.92 Å². The van der Waals surface area contributed by atoms with Crippen molar-refractivity contribution in [1.82, 2.24) is 20.1 Å². The Balaban J connectivity index is 1.34. The van der Waals surface area contributed by atoms with Gasteiger partial charge in [-0.3, -0.25) is 9.89 Å². The average molecular weight is 406 g/mol. The first-order valence-electron chi connectivity index (χ1n) is 11.2. The number of aryl methyl sites for hydroxylation is 2. The fraction of sp³-hybridized carbons (Fsp3) is 0.818. The van der Waals surface area contributed by atoms with Crippen LogP contribution < -0.4 is 5.32 Å². The summed E-state index contributed by atoms with van der Waals surface area (Å²) in [6.07, 6.45) is 6.03. The molecule has 2 aliphatic heterocycles. The number of likely N-dealkylation sites (tertiary alicyclic amines) is 1. The van der Waals surface area contributed by atoms with Gasteiger partial charge in [-0.05, 0) is 70.9 Å². The molecule has 2 fully saturated rings. The molecule has 0 amide bonds. The number of hydrogen-bond acceptors (Lipinski definition) is 5. The Kier molecular flexibility index (Phi) is 8.36. The summed E-state index contributed by atoms with van der Waals surface area (Å²) in [6.45, 7) is 10.9. The van der Waals surface area contributed by atoms with Crippen LogP contribution in [0.2, 0.25) is 0 Å². The highest BCUT2D eigenvalue weighted by molar-refractivity contribution is 5.79. The lowest BCUT2D eigenvalue weighted by Gasteiger charge is -2.32. The van der Waals surface area contributed by atoms with Crippen molar-refractivity contribution in [3.05, 3.63) is 17.3 Å². The van der Waals surface area contributed by atoms with Crippen LogP contribution in [0, 0.1) is 25.7 Å². The van der Waals surface area contributed by atoms with Crippen molar-refractivity contribution < 1.29 is 9.15 Å². The van der Waals surface area contributed by atoms with Crippen LogP contribution in [0.15, 0.2) is 9.41 Å². The lowest BCUT2D eigenvalue weighted by molar-refractivity contribution is 0.0625. The first kappa shape index (κ1) is 22.1. The lowest BCUT2D eigenvalue weighted by atomic mass is 9.96. The average Bonchev–Trinajstić information content (AvgIpc) is 3.05. The summed E-state index contributed by atoms with van der Waals surface area (Å²) in [5.41, 5.74) is 1.01. The zero-order valence-corrected chi connectivity index (χ0v) is 18.7. The van der Waals surface area contributed by atoms with E-state index in [1.165, 1.54) is 32.1 Å². The van der Waals surface area contributed by atoms with Gasteiger partial charge in [0.15, 0.2) is 5.96 Å². The molecule has 0 spiro atoms. The highest BCUT2D eigenvalue weighted by Gasteiger charge is 2.22. The Bertz CT molecular complexity index is 626. The predicted molar refractivity (Wildman–Crippen MR) is 116 cm³/mol. The van der Waals surface area contributed by atoms with Gasteiger partial charge in [0.05, 0.1) is 12.2 Å². The molecule has 0 aliphatic carbocycles. The number of guanidine groups is 1. The number of hydrogen-bond donors (Lipinski definition) is 1. The van der Waals surface area contributed by atoms with Crippen LogP contribution in [0.25, 0.3) is 0 Å². The molecule has 0 saturated carbocycles. The minimum absolute atomic E-state index is 0.694. The third-order valence-corrected chi connectivity index (χ3v) is 6.47. The molecule has 1 aromatic rings. The molecule has 3 rings (SSSR count). The summed E-state index contributed by atoms with van der Waals surface area (Å²) in [5.74, 6) is 4.30. The minimum Gasteiger partial charge on any atom is -0.444 e. The molecular weight excluding hydrogens is 366 g/mol. The molecule has 2 aliphatic rings. The number of nitrogens with one attached hydrogen (secondary N) is 1. The number of oxazole rings is 1. The van der Waals surface area contributed by atoms with Gasteiger partial charge in [-0.2, -0.15) is 0 Å². The molecule has 3 heterocycles. The quantitative estimate of drug-likeness (QED) is 0.556. The Labute approximate surface area is 175 Å². The van der Waals surface area contributed by atoms with E-state index in [0.717, 1.165) is 75.2 Å². The highest BCUT2D eigenvalue weighted by atomic mass is 16.5. The van der Waals surface area contributed by atoms with Crippen LogP contribution in [0.4, 0.5) is 0 Å². The van der Waals surface area contributed by atoms with Gasteiger partial charge in [-0.15, -0.1) is 0 Å². The predicted octanol–water partition coefficient (Wildman–Crippen LogP) is 2.83. The maximum atomic E-state index is 5.74. The summed E-state index contributed by atoms with van der Waals surface area (Å²) >= 11 is 0. The largest absolute Gasteiger partial charge is 0.444 e. The van der Waals surface area contributed by atoms with Crippen molar-refractivity contribution in [2.45, 2.75) is 52.5 Å². The van der Waals surface area contributed by atoms with Crippen LogP contribution in [0.1, 0.15) is 49.4 Å². The second-order valence-corrected chi connectivity index (χ2v) is 8.66. The van der Waals surface area contributed by atoms with Crippen LogP contribution in [-0.4, -0.2) is 74.2 Å². The van der Waals surface area contributed by atoms with Crippen LogP contribution in [0.3, 0.4) is 0 Å². The minimum atomic E-state index is 0.694. The molecule has 7 heteroatoms. The number of rotatable bonds is 7. The second-order valence-electron chi connectivity index (χ2n) is 8.66. The van der Waals surface area contributed by atoms with Gasteiger partial charge in [0, 0.05) is 40.4 Å². The number of ether oxygens (including phenoxy) is 1. The van der Waals surface area contributed by atoms with Crippen molar-refractivity contribution in [2.24, 2.45) is 16.8 Å². The molecule has 29 heavy (non-hydrogen) atoms. The van der Waals surface area contributed by atoms with Gasteiger partial charge in [-0.1, -0.05) is 0 Å². The Morgan fingerprint density at radius 2 is 1.90 bits per heavy atom. The van der Waals surface area contributed by atoms with Gasteiger partial charge < -0.3 is 19.4 Å². The molecule has 0 atom stereocenters. The van der Waals surface area contributed by atoms with E-state index in [-0.39, 0.29) is 0 Å². The molecule has 7 nitrogen and oxygen atoms in total. The van der Waals surface area contributed by atoms with Gasteiger partial charge >= 0.3 is 0 Å². The number of piperidine rings is 1. The van der Waals surface area contributed by atoms with Gasteiger partial charge in [0.2, 0.25) is 5.89 Å². The van der Waals surface area contributed by atoms with E-state index < -0.39 is 0 Å². The van der Waals surface area contributed by atoms with E-state index in [1.54, 1.807) is 0 Å². The van der Waals surface area contributed by atoms with Crippen LogP contribution >= 0.6 is 0 Å². The summed E-state index contributed by atoms with van der Waals surface area (Å²) in [4.78, 5) is 13.7. The molecule has 0 aromatic carbocycles. The summed E-state index contributed by atoms with van der Waals surface area (Å²) in [7, 11) is 4.04. The number of aromatic nitrogens is 1. The molecule has 0 bridgehead atoms. The van der Waals surface area contributed by atoms with Crippen LogP contribution in [0.5, 0.6) is 0 Å². The van der Waals surface area contributed by atoms with Crippen LogP contribution in [-0.2, 0) is 11.3 Å². The fourth-order valence-corrected chi connectivity index (χ4v) is 4.28. The number of aliphatic imine (C=N–C) groups is 1. The molecular formula is C22H39N5O2. The third kappa shape index (κ3) is 6.71. The summed E-state index contributed by atoms with van der Waals surface area (Å²) in [6, 6.07) is 0. The standard InChI is InChI=1S/C22H39N5O2/c1-17-18(2)29-21(25-17)16-27-11-6-20(7-12-27)15-24-22(23-3)26(4)10-5-19-8-13-28-14-9-19/h19-20H,5-16H2,1-4H3,(H,23,24). The van der Waals surface area contributed by atoms with E-state index >= 15 is 0 Å². The van der Waals surface area contributed by atoms with E-state index in [1.807, 2.05) is 20.9 Å². The maximum absolute atomic E-state index is 5.74. The van der Waals surface area contributed by atoms with Crippen molar-refractivity contribution in [3.8, 4) is 0 Å². The van der Waals surface area contributed by atoms with Gasteiger partial charge in [0.25, 0.3) is 0 Å². The smallest absolute Gasteiger partial charge is 0.208 e. The summed E-state index contributed by atoms with van der Waals surface area (Å²) in [5, 5.41) is 3.60. The Morgan fingerprint density at radius 1 is 1.17 bits per heavy atom. The molecule has 164 valence electrons. The van der Waals surface area contributed by atoms with Crippen molar-refractivity contribution >= 4 is 5.96 Å². The van der Waals surface area contributed by atoms with E-state index in [2.05, 4.69) is 32.1 Å². The first-order valence-corrected chi connectivity index (χ1v) is 11.2. The zero-order chi connectivity index (χ0) is 20.6. The summed E-state index contributed by atoms with van der Waals surface area (Å²) < 4.78 is 11.2. The zero-order valence-electron chi connectivity index (χ0n) is 18.7. The fourth-order valence-electron chi connectivity index (χ4n) is 4.28. The monoisotopic (exact) mass is 405 g/mol. The maximum Gasteiger partial charge on any atom is 0.208 e. The van der Waals surface area contributed by atoms with Gasteiger partial charge in [0.1, 0.15) is 5.76 Å². The lowest BCUT2D eigenvalue weighted by Crippen LogP contribution is -2.44. The molecule has 1 N–H and O–H groups in total. The Morgan fingerprint density at radius 3 is 2.52 bits per heavy atom. The highest BCUT2D eigenvalue weighted by Crippen LogP contribution is 2.20.